The first-order chi connectivity index (χ1) is 11.1. The molecule has 0 radical (unpaired) electrons. The highest BCUT2D eigenvalue weighted by molar-refractivity contribution is 5.85. The van der Waals surface area contributed by atoms with Gasteiger partial charge in [0.2, 0.25) is 11.8 Å². The molecule has 2 heterocycles. The summed E-state index contributed by atoms with van der Waals surface area (Å²) in [6.07, 6.45) is 3.42. The summed E-state index contributed by atoms with van der Waals surface area (Å²) < 4.78 is 0. The van der Waals surface area contributed by atoms with Gasteiger partial charge < -0.3 is 9.80 Å². The molecule has 0 unspecified atom stereocenters. The molecule has 2 fully saturated rings. The number of likely N-dealkylation sites (tertiary alicyclic amines) is 2. The maximum Gasteiger partial charge on any atom is 0.228 e. The average molecular weight is 314 g/mol. The molecule has 0 saturated carbocycles. The van der Waals surface area contributed by atoms with Gasteiger partial charge in [-0.1, -0.05) is 37.3 Å². The van der Waals surface area contributed by atoms with Crippen molar-refractivity contribution in [2.75, 3.05) is 20.1 Å². The summed E-state index contributed by atoms with van der Waals surface area (Å²) in [5.41, 5.74) is 1.06. The molecule has 0 N–H and O–H groups in total. The summed E-state index contributed by atoms with van der Waals surface area (Å²) in [6.45, 7) is 3.93. The van der Waals surface area contributed by atoms with Crippen molar-refractivity contribution in [3.63, 3.8) is 0 Å². The van der Waals surface area contributed by atoms with Crippen molar-refractivity contribution in [1.29, 1.82) is 0 Å². The van der Waals surface area contributed by atoms with Crippen molar-refractivity contribution >= 4 is 11.8 Å². The monoisotopic (exact) mass is 314 g/mol. The second-order valence-electron chi connectivity index (χ2n) is 7.04. The Morgan fingerprint density at radius 2 is 1.91 bits per heavy atom. The number of carbonyl (C=O) groups excluding carboxylic acids is 2. The zero-order valence-electron chi connectivity index (χ0n) is 14.1. The van der Waals surface area contributed by atoms with Gasteiger partial charge in [-0.05, 0) is 30.7 Å². The zero-order chi connectivity index (χ0) is 16.4. The summed E-state index contributed by atoms with van der Waals surface area (Å²) >= 11 is 0. The number of benzene rings is 1. The SMILES string of the molecule is C[C@@H]1CCCN(C(=O)[C@@H]2CCC(=O)N(C)[C@@H]2c2ccccc2)C1. The molecule has 124 valence electrons. The van der Waals surface area contributed by atoms with Crippen LogP contribution in [0.4, 0.5) is 0 Å². The summed E-state index contributed by atoms with van der Waals surface area (Å²) in [6, 6.07) is 9.84. The number of nitrogens with zero attached hydrogens (tertiary/aromatic N) is 2. The lowest BCUT2D eigenvalue weighted by Gasteiger charge is -2.42. The van der Waals surface area contributed by atoms with Gasteiger partial charge in [0.05, 0.1) is 12.0 Å². The van der Waals surface area contributed by atoms with Crippen LogP contribution in [0.5, 0.6) is 0 Å². The van der Waals surface area contributed by atoms with Crippen LogP contribution in [0, 0.1) is 11.8 Å². The molecule has 23 heavy (non-hydrogen) atoms. The Bertz CT molecular complexity index is 572. The van der Waals surface area contributed by atoms with Gasteiger partial charge in [0.1, 0.15) is 0 Å². The maximum atomic E-state index is 13.1. The molecule has 3 rings (SSSR count). The van der Waals surface area contributed by atoms with Gasteiger partial charge in [0.25, 0.3) is 0 Å². The highest BCUT2D eigenvalue weighted by Gasteiger charge is 2.40. The summed E-state index contributed by atoms with van der Waals surface area (Å²) in [7, 11) is 1.83. The number of rotatable bonds is 2. The molecule has 4 heteroatoms. The second kappa shape index (κ2) is 6.73. The van der Waals surface area contributed by atoms with E-state index in [4.69, 9.17) is 0 Å². The molecule has 2 aliphatic rings. The Hall–Kier alpha value is -1.84. The Balaban J connectivity index is 1.86. The van der Waals surface area contributed by atoms with Gasteiger partial charge >= 0.3 is 0 Å². The largest absolute Gasteiger partial charge is 0.342 e. The van der Waals surface area contributed by atoms with Crippen molar-refractivity contribution in [2.24, 2.45) is 11.8 Å². The molecule has 0 spiro atoms. The van der Waals surface area contributed by atoms with Crippen molar-refractivity contribution in [3.8, 4) is 0 Å². The van der Waals surface area contributed by atoms with E-state index in [1.807, 2.05) is 42.3 Å². The summed E-state index contributed by atoms with van der Waals surface area (Å²) in [5, 5.41) is 0. The van der Waals surface area contributed by atoms with Gasteiger partial charge in [-0.3, -0.25) is 9.59 Å². The predicted molar refractivity (Wildman–Crippen MR) is 89.7 cm³/mol. The van der Waals surface area contributed by atoms with Gasteiger partial charge in [0, 0.05) is 26.6 Å². The number of hydrogen-bond acceptors (Lipinski definition) is 2. The minimum Gasteiger partial charge on any atom is -0.342 e. The van der Waals surface area contributed by atoms with E-state index in [1.165, 1.54) is 6.42 Å². The average Bonchev–Trinajstić information content (AvgIpc) is 2.57. The van der Waals surface area contributed by atoms with Crippen molar-refractivity contribution in [2.45, 2.75) is 38.6 Å². The first kappa shape index (κ1) is 16.0. The number of hydrogen-bond donors (Lipinski definition) is 0. The van der Waals surface area contributed by atoms with Crippen LogP contribution in [0.2, 0.25) is 0 Å². The van der Waals surface area contributed by atoms with E-state index in [2.05, 4.69) is 6.92 Å². The quantitative estimate of drug-likeness (QED) is 0.842. The lowest BCUT2D eigenvalue weighted by molar-refractivity contribution is -0.147. The van der Waals surface area contributed by atoms with Gasteiger partial charge in [-0.15, -0.1) is 0 Å². The molecule has 2 amide bonds. The van der Waals surface area contributed by atoms with Crippen LogP contribution in [-0.4, -0.2) is 41.8 Å². The maximum absolute atomic E-state index is 13.1. The third-order valence-electron chi connectivity index (χ3n) is 5.29. The number of piperidine rings is 2. The molecule has 4 nitrogen and oxygen atoms in total. The Kier molecular flexibility index (Phi) is 4.69. The van der Waals surface area contributed by atoms with Crippen LogP contribution in [-0.2, 0) is 9.59 Å². The van der Waals surface area contributed by atoms with Gasteiger partial charge in [0.15, 0.2) is 0 Å². The molecule has 3 atom stereocenters. The van der Waals surface area contributed by atoms with E-state index in [-0.39, 0.29) is 23.8 Å². The lowest BCUT2D eigenvalue weighted by atomic mass is 9.83. The van der Waals surface area contributed by atoms with Crippen LogP contribution in [0.25, 0.3) is 0 Å². The van der Waals surface area contributed by atoms with Crippen molar-refractivity contribution in [1.82, 2.24) is 9.80 Å². The number of carbonyl (C=O) groups is 2. The van der Waals surface area contributed by atoms with E-state index >= 15 is 0 Å². The Morgan fingerprint density at radius 1 is 1.17 bits per heavy atom. The van der Waals surface area contributed by atoms with Crippen LogP contribution < -0.4 is 0 Å². The first-order valence-electron chi connectivity index (χ1n) is 8.67. The number of amides is 2. The fourth-order valence-electron chi connectivity index (χ4n) is 4.03. The minimum absolute atomic E-state index is 0.120. The Labute approximate surface area is 138 Å². The van der Waals surface area contributed by atoms with Crippen LogP contribution >= 0.6 is 0 Å². The highest BCUT2D eigenvalue weighted by Crippen LogP contribution is 2.37. The molecular weight excluding hydrogens is 288 g/mol. The topological polar surface area (TPSA) is 40.6 Å². The second-order valence-corrected chi connectivity index (χ2v) is 7.04. The molecule has 2 saturated heterocycles. The molecule has 0 aromatic heterocycles. The standard InChI is InChI=1S/C19H26N2O2/c1-14-7-6-12-21(13-14)19(23)16-10-11-17(22)20(2)18(16)15-8-4-3-5-9-15/h3-5,8-9,14,16,18H,6-7,10-13H2,1-2H3/t14-,16-,18-/m1/s1. The minimum atomic E-state index is -0.137. The van der Waals surface area contributed by atoms with Crippen LogP contribution in [0.1, 0.15) is 44.2 Å². The molecular formula is C19H26N2O2. The normalized spacial score (nSPS) is 28.8. The summed E-state index contributed by atoms with van der Waals surface area (Å²) in [4.78, 5) is 29.1. The van der Waals surface area contributed by atoms with Gasteiger partial charge in [-0.25, -0.2) is 0 Å². The third kappa shape index (κ3) is 3.26. The van der Waals surface area contributed by atoms with Crippen molar-refractivity contribution in [3.05, 3.63) is 35.9 Å². The zero-order valence-corrected chi connectivity index (χ0v) is 14.1. The molecule has 2 aliphatic heterocycles. The first-order valence-corrected chi connectivity index (χ1v) is 8.67. The predicted octanol–water partition coefficient (Wildman–Crippen LogP) is 2.85. The van der Waals surface area contributed by atoms with E-state index < -0.39 is 0 Å². The van der Waals surface area contributed by atoms with Crippen LogP contribution in [0.3, 0.4) is 0 Å². The smallest absolute Gasteiger partial charge is 0.228 e. The van der Waals surface area contributed by atoms with E-state index in [0.717, 1.165) is 25.1 Å². The molecule has 1 aromatic carbocycles. The van der Waals surface area contributed by atoms with E-state index in [9.17, 15) is 9.59 Å². The third-order valence-corrected chi connectivity index (χ3v) is 5.29. The van der Waals surface area contributed by atoms with Crippen LogP contribution in [0.15, 0.2) is 30.3 Å². The van der Waals surface area contributed by atoms with E-state index in [0.29, 0.717) is 18.8 Å². The summed E-state index contributed by atoms with van der Waals surface area (Å²) in [5.74, 6) is 0.816. The molecule has 0 bridgehead atoms. The highest BCUT2D eigenvalue weighted by atomic mass is 16.2. The van der Waals surface area contributed by atoms with Crippen molar-refractivity contribution < 1.29 is 9.59 Å². The van der Waals surface area contributed by atoms with Gasteiger partial charge in [-0.2, -0.15) is 0 Å². The Morgan fingerprint density at radius 3 is 2.61 bits per heavy atom. The fourth-order valence-corrected chi connectivity index (χ4v) is 4.03. The van der Waals surface area contributed by atoms with E-state index in [1.54, 1.807) is 4.90 Å². The molecule has 0 aliphatic carbocycles. The lowest BCUT2D eigenvalue weighted by Crippen LogP contribution is -2.49. The fraction of sp³-hybridized carbons (Fsp3) is 0.579. The molecule has 1 aromatic rings.